The first-order chi connectivity index (χ1) is 20.8. The minimum Gasteiger partial charge on any atom is -0.348 e. The maximum atomic E-state index is 13.9. The molecule has 1 saturated carbocycles. The second-order valence-corrected chi connectivity index (χ2v) is 12.3. The zero-order valence-electron chi connectivity index (χ0n) is 23.5. The predicted octanol–water partition coefficient (Wildman–Crippen LogP) is 4.68. The fraction of sp³-hybridized carbons (Fsp3) is 0.242. The lowest BCUT2D eigenvalue weighted by Crippen LogP contribution is -2.43. The molecule has 1 aromatic heterocycles. The van der Waals surface area contributed by atoms with Gasteiger partial charge < -0.3 is 10.2 Å². The summed E-state index contributed by atoms with van der Waals surface area (Å²) >= 11 is 0. The van der Waals surface area contributed by atoms with E-state index < -0.39 is 21.9 Å². The van der Waals surface area contributed by atoms with Crippen LogP contribution in [0.5, 0.6) is 0 Å². The Hall–Kier alpha value is -4.41. The summed E-state index contributed by atoms with van der Waals surface area (Å²) in [5.74, 6) is -1.05. The van der Waals surface area contributed by atoms with Crippen LogP contribution in [-0.2, 0) is 39.1 Å². The molecule has 0 bridgehead atoms. The Kier molecular flexibility index (Phi) is 9.58. The van der Waals surface area contributed by atoms with Gasteiger partial charge in [-0.15, -0.1) is 0 Å². The number of carbonyl (C=O) groups excluding carboxylic acids is 2. The number of sulfonamides is 1. The van der Waals surface area contributed by atoms with Crippen molar-refractivity contribution in [2.45, 2.75) is 55.8 Å². The van der Waals surface area contributed by atoms with Gasteiger partial charge in [-0.1, -0.05) is 60.7 Å². The Bertz CT molecular complexity index is 1630. The maximum absolute atomic E-state index is 13.9. The summed E-state index contributed by atoms with van der Waals surface area (Å²) in [7, 11) is -3.57. The van der Waals surface area contributed by atoms with Crippen molar-refractivity contribution < 1.29 is 22.4 Å². The highest BCUT2D eigenvalue weighted by Crippen LogP contribution is 2.26. The second-order valence-electron chi connectivity index (χ2n) is 10.5. The van der Waals surface area contributed by atoms with E-state index in [0.29, 0.717) is 23.2 Å². The molecule has 1 unspecified atom stereocenters. The molecule has 1 aliphatic carbocycles. The van der Waals surface area contributed by atoms with Gasteiger partial charge in [-0.25, -0.2) is 17.5 Å². The Morgan fingerprint density at radius 3 is 2.21 bits per heavy atom. The van der Waals surface area contributed by atoms with Crippen molar-refractivity contribution in [2.75, 3.05) is 0 Å². The highest BCUT2D eigenvalue weighted by molar-refractivity contribution is 7.89. The van der Waals surface area contributed by atoms with Gasteiger partial charge in [0.25, 0.3) is 0 Å². The third-order valence-corrected chi connectivity index (χ3v) is 8.73. The molecule has 2 N–H and O–H groups in total. The van der Waals surface area contributed by atoms with Crippen molar-refractivity contribution in [2.24, 2.45) is 0 Å². The minimum absolute atomic E-state index is 0.00750. The van der Waals surface area contributed by atoms with Gasteiger partial charge in [-0.05, 0) is 72.4 Å². The maximum Gasteiger partial charge on any atom is 0.247 e. The molecule has 1 heterocycles. The molecule has 10 heteroatoms. The van der Waals surface area contributed by atoms with Crippen LogP contribution in [0, 0.1) is 5.82 Å². The molecule has 1 aliphatic rings. The lowest BCUT2D eigenvalue weighted by molar-refractivity contribution is -0.141. The van der Waals surface area contributed by atoms with Crippen LogP contribution in [-0.4, -0.2) is 36.2 Å². The van der Waals surface area contributed by atoms with Crippen LogP contribution in [0.4, 0.5) is 4.39 Å². The summed E-state index contributed by atoms with van der Waals surface area (Å²) < 4.78 is 41.4. The number of nitrogens with one attached hydrogen (secondary N) is 2. The highest BCUT2D eigenvalue weighted by atomic mass is 32.2. The van der Waals surface area contributed by atoms with Crippen LogP contribution < -0.4 is 10.0 Å². The zero-order valence-corrected chi connectivity index (χ0v) is 24.3. The van der Waals surface area contributed by atoms with E-state index in [0.717, 1.165) is 18.4 Å². The predicted molar refractivity (Wildman–Crippen MR) is 160 cm³/mol. The van der Waals surface area contributed by atoms with Gasteiger partial charge in [0.05, 0.1) is 17.1 Å². The SMILES string of the molecule is O=C(NCc1ccccn1)C(c1ccccc1)N(Cc1ccc(F)cc1)C(=O)CCc1ccc(S(=O)(=O)NC2CC2)cc1. The van der Waals surface area contributed by atoms with Gasteiger partial charge in [0.2, 0.25) is 21.8 Å². The molecule has 222 valence electrons. The molecule has 43 heavy (non-hydrogen) atoms. The molecule has 3 aromatic carbocycles. The number of hydrogen-bond acceptors (Lipinski definition) is 5. The van der Waals surface area contributed by atoms with E-state index in [4.69, 9.17) is 0 Å². The number of nitrogens with zero attached hydrogens (tertiary/aromatic N) is 2. The number of pyridine rings is 1. The molecule has 1 fully saturated rings. The van der Waals surface area contributed by atoms with Gasteiger partial charge in [-0.3, -0.25) is 14.6 Å². The van der Waals surface area contributed by atoms with Crippen molar-refractivity contribution in [3.8, 4) is 0 Å². The third kappa shape index (κ3) is 8.33. The van der Waals surface area contributed by atoms with E-state index in [1.54, 1.807) is 66.9 Å². The van der Waals surface area contributed by atoms with E-state index in [1.165, 1.54) is 17.0 Å². The van der Waals surface area contributed by atoms with Gasteiger partial charge in [0.15, 0.2) is 0 Å². The van der Waals surface area contributed by atoms with Gasteiger partial charge >= 0.3 is 0 Å². The van der Waals surface area contributed by atoms with Crippen molar-refractivity contribution >= 4 is 21.8 Å². The van der Waals surface area contributed by atoms with E-state index in [2.05, 4.69) is 15.0 Å². The quantitative estimate of drug-likeness (QED) is 0.232. The third-order valence-electron chi connectivity index (χ3n) is 7.19. The van der Waals surface area contributed by atoms with Crippen molar-refractivity contribution in [1.82, 2.24) is 19.9 Å². The van der Waals surface area contributed by atoms with Gasteiger partial charge in [0, 0.05) is 25.2 Å². The van der Waals surface area contributed by atoms with Crippen molar-refractivity contribution in [3.63, 3.8) is 0 Å². The number of hydrogen-bond donors (Lipinski definition) is 2. The molecule has 0 saturated heterocycles. The summed E-state index contributed by atoms with van der Waals surface area (Å²) in [5, 5.41) is 2.92. The largest absolute Gasteiger partial charge is 0.348 e. The van der Waals surface area contributed by atoms with Crippen molar-refractivity contribution in [3.05, 3.63) is 131 Å². The average molecular weight is 601 g/mol. The van der Waals surface area contributed by atoms with Gasteiger partial charge in [-0.2, -0.15) is 0 Å². The molecule has 0 spiro atoms. The summed E-state index contributed by atoms with van der Waals surface area (Å²) in [6.07, 6.45) is 3.75. The molecule has 0 radical (unpaired) electrons. The first-order valence-electron chi connectivity index (χ1n) is 14.2. The Morgan fingerprint density at radius 2 is 1.56 bits per heavy atom. The van der Waals surface area contributed by atoms with Crippen LogP contribution in [0.25, 0.3) is 0 Å². The van der Waals surface area contributed by atoms with Crippen LogP contribution in [0.15, 0.2) is 108 Å². The smallest absolute Gasteiger partial charge is 0.247 e. The van der Waals surface area contributed by atoms with Gasteiger partial charge in [0.1, 0.15) is 11.9 Å². The number of amides is 2. The van der Waals surface area contributed by atoms with E-state index >= 15 is 0 Å². The summed E-state index contributed by atoms with van der Waals surface area (Å²) in [6.45, 7) is 0.270. The molecule has 8 nitrogen and oxygen atoms in total. The number of carbonyl (C=O) groups is 2. The molecular formula is C33H33FN4O4S. The lowest BCUT2D eigenvalue weighted by Gasteiger charge is -2.32. The highest BCUT2D eigenvalue weighted by Gasteiger charge is 2.32. The van der Waals surface area contributed by atoms with E-state index in [9.17, 15) is 22.4 Å². The standard InChI is InChI=1S/C33H33FN4O4S/c34-27-14-9-25(10-15-27)23-38(31(39)20-13-24-11-18-30(19-12-24)43(41,42)37-28-16-17-28)32(26-6-2-1-3-7-26)33(40)36-22-29-8-4-5-21-35-29/h1-12,14-15,18-19,21,28,32,37H,13,16-17,20,22-23H2,(H,36,40). The fourth-order valence-electron chi connectivity index (χ4n) is 4.71. The number of benzene rings is 3. The Balaban J connectivity index is 1.37. The Labute approximate surface area is 251 Å². The topological polar surface area (TPSA) is 108 Å². The minimum atomic E-state index is -3.57. The molecule has 5 rings (SSSR count). The summed E-state index contributed by atoms with van der Waals surface area (Å²) in [6, 6.07) is 25.8. The molecule has 2 amide bonds. The first kappa shape index (κ1) is 30.1. The molecule has 0 aliphatic heterocycles. The number of aryl methyl sites for hydroxylation is 1. The number of rotatable bonds is 13. The van der Waals surface area contributed by atoms with E-state index in [1.807, 2.05) is 24.3 Å². The second kappa shape index (κ2) is 13.7. The Morgan fingerprint density at radius 1 is 0.884 bits per heavy atom. The summed E-state index contributed by atoms with van der Waals surface area (Å²) in [4.78, 5) is 33.6. The monoisotopic (exact) mass is 600 g/mol. The van der Waals surface area contributed by atoms with Crippen LogP contribution in [0.2, 0.25) is 0 Å². The average Bonchev–Trinajstić information content (AvgIpc) is 3.84. The van der Waals surface area contributed by atoms with Crippen LogP contribution in [0.3, 0.4) is 0 Å². The lowest BCUT2D eigenvalue weighted by atomic mass is 10.0. The van der Waals surface area contributed by atoms with E-state index in [-0.39, 0.29) is 42.3 Å². The number of aromatic nitrogens is 1. The van der Waals surface area contributed by atoms with Crippen LogP contribution >= 0.6 is 0 Å². The van der Waals surface area contributed by atoms with Crippen molar-refractivity contribution in [1.29, 1.82) is 0 Å². The molecular weight excluding hydrogens is 567 g/mol. The number of halogens is 1. The normalized spacial score (nSPS) is 13.7. The first-order valence-corrected chi connectivity index (χ1v) is 15.6. The van der Waals surface area contributed by atoms with Crippen LogP contribution in [0.1, 0.15) is 47.7 Å². The fourth-order valence-corrected chi connectivity index (χ4v) is 6.02. The summed E-state index contributed by atoms with van der Waals surface area (Å²) in [5.41, 5.74) is 2.77. The zero-order chi connectivity index (χ0) is 30.2. The molecule has 1 atom stereocenters. The molecule has 4 aromatic rings.